The monoisotopic (exact) mass is 350 g/mol. The molecular weight excluding hydrogens is 336 g/mol. The molecule has 2 aromatic rings. The number of nitrogens with zero attached hydrogens (tertiary/aromatic N) is 2. The maximum Gasteiger partial charge on any atom is 0.259 e. The van der Waals surface area contributed by atoms with Gasteiger partial charge in [0.15, 0.2) is 15.1 Å². The molecule has 0 aliphatic carbocycles. The van der Waals surface area contributed by atoms with Crippen LogP contribution in [0.3, 0.4) is 0 Å². The first kappa shape index (κ1) is 16.2. The third-order valence-electron chi connectivity index (χ3n) is 2.53. The fourth-order valence-electron chi connectivity index (χ4n) is 1.74. The highest BCUT2D eigenvalue weighted by molar-refractivity contribution is 7.89. The molecule has 2 rings (SSSR count). The summed E-state index contributed by atoms with van der Waals surface area (Å²) in [5, 5.41) is 4.21. The molecule has 2 aromatic heterocycles. The molecule has 0 unspecified atom stereocenters. The molecule has 1 amide bonds. The van der Waals surface area contributed by atoms with E-state index in [1.807, 2.05) is 13.8 Å². The summed E-state index contributed by atoms with van der Waals surface area (Å²) in [6.07, 6.45) is 1.64. The van der Waals surface area contributed by atoms with Crippen LogP contribution >= 0.6 is 22.9 Å². The second-order valence-electron chi connectivity index (χ2n) is 4.63. The lowest BCUT2D eigenvalue weighted by molar-refractivity contribution is -0.121. The van der Waals surface area contributed by atoms with Gasteiger partial charge in [0.25, 0.3) is 10.0 Å². The lowest BCUT2D eigenvalue weighted by Gasteiger charge is -2.09. The number of aromatic nitrogens is 2. The first-order valence-electron chi connectivity index (χ1n) is 6.21. The fourth-order valence-corrected chi connectivity index (χ4v) is 4.22. The minimum Gasteiger partial charge on any atom is -0.354 e. The number of amides is 1. The molecule has 116 valence electrons. The Morgan fingerprint density at radius 2 is 2.24 bits per heavy atom. The Labute approximate surface area is 131 Å². The molecule has 0 saturated heterocycles. The molecule has 2 heterocycles. The average molecular weight is 351 g/mol. The maximum atomic E-state index is 12.2. The zero-order valence-corrected chi connectivity index (χ0v) is 13.8. The van der Waals surface area contributed by atoms with Crippen LogP contribution < -0.4 is 10.0 Å². The van der Waals surface area contributed by atoms with Crippen molar-refractivity contribution in [2.45, 2.75) is 31.3 Å². The number of halogens is 1. The number of rotatable bonds is 6. The predicted octanol–water partition coefficient (Wildman–Crippen LogP) is 1.24. The van der Waals surface area contributed by atoms with E-state index in [1.165, 1.54) is 15.7 Å². The van der Waals surface area contributed by atoms with E-state index in [1.54, 1.807) is 11.6 Å². The lowest BCUT2D eigenvalue weighted by Crippen LogP contribution is -2.34. The molecule has 0 radical (unpaired) electrons. The highest BCUT2D eigenvalue weighted by Crippen LogP contribution is 2.25. The fraction of sp³-hybridized carbons (Fsp3) is 0.455. The number of hydrogen-bond donors (Lipinski definition) is 2. The van der Waals surface area contributed by atoms with Crippen LogP contribution in [0.4, 0.5) is 0 Å². The Hall–Kier alpha value is -1.16. The van der Waals surface area contributed by atoms with E-state index in [2.05, 4.69) is 15.0 Å². The molecule has 0 saturated carbocycles. The van der Waals surface area contributed by atoms with E-state index in [-0.39, 0.29) is 35.1 Å². The number of nitrogens with one attached hydrogen (secondary N) is 2. The second-order valence-corrected chi connectivity index (χ2v) is 7.55. The number of carbonyl (C=O) groups is 1. The third-order valence-corrected chi connectivity index (χ3v) is 5.14. The summed E-state index contributed by atoms with van der Waals surface area (Å²) in [6.45, 7) is 3.66. The predicted molar refractivity (Wildman–Crippen MR) is 81.2 cm³/mol. The highest BCUT2D eigenvalue weighted by atomic mass is 35.5. The van der Waals surface area contributed by atoms with Crippen molar-refractivity contribution in [3.63, 3.8) is 0 Å². The molecule has 0 atom stereocenters. The Kier molecular flexibility index (Phi) is 4.87. The summed E-state index contributed by atoms with van der Waals surface area (Å²) >= 11 is 7.17. The second kappa shape index (κ2) is 6.30. The summed E-state index contributed by atoms with van der Waals surface area (Å²) in [4.78, 5) is 15.9. The van der Waals surface area contributed by atoms with Gasteiger partial charge in [0, 0.05) is 30.6 Å². The van der Waals surface area contributed by atoms with Crippen LogP contribution in [0.15, 0.2) is 16.6 Å². The minimum atomic E-state index is -3.82. The summed E-state index contributed by atoms with van der Waals surface area (Å²) in [5.74, 6) is -0.215. The van der Waals surface area contributed by atoms with Crippen LogP contribution in [0, 0.1) is 0 Å². The Balaban J connectivity index is 2.07. The molecule has 7 nitrogen and oxygen atoms in total. The zero-order chi connectivity index (χ0) is 15.6. The maximum absolute atomic E-state index is 12.2. The number of imidazole rings is 1. The summed E-state index contributed by atoms with van der Waals surface area (Å²) in [7, 11) is -3.82. The summed E-state index contributed by atoms with van der Waals surface area (Å²) < 4.78 is 28.3. The Bertz CT molecular complexity index is 751. The van der Waals surface area contributed by atoms with Gasteiger partial charge in [-0.1, -0.05) is 11.6 Å². The van der Waals surface area contributed by atoms with Crippen LogP contribution in [0.5, 0.6) is 0 Å². The van der Waals surface area contributed by atoms with Crippen molar-refractivity contribution in [2.75, 3.05) is 6.54 Å². The normalized spacial score (nSPS) is 12.2. The van der Waals surface area contributed by atoms with Gasteiger partial charge in [-0.25, -0.2) is 18.1 Å². The summed E-state index contributed by atoms with van der Waals surface area (Å²) in [5.41, 5.74) is 0. The van der Waals surface area contributed by atoms with Gasteiger partial charge in [0.05, 0.1) is 0 Å². The van der Waals surface area contributed by atoms with Gasteiger partial charge >= 0.3 is 0 Å². The molecule has 0 spiro atoms. The Morgan fingerprint density at radius 3 is 2.90 bits per heavy atom. The molecule has 0 aromatic carbocycles. The van der Waals surface area contributed by atoms with E-state index in [4.69, 9.17) is 11.6 Å². The van der Waals surface area contributed by atoms with Gasteiger partial charge in [-0.05, 0) is 13.8 Å². The van der Waals surface area contributed by atoms with Gasteiger partial charge in [-0.3, -0.25) is 9.20 Å². The molecule has 0 aliphatic heterocycles. The summed E-state index contributed by atoms with van der Waals surface area (Å²) in [6, 6.07) is 0.0174. The van der Waals surface area contributed by atoms with Crippen molar-refractivity contribution < 1.29 is 13.2 Å². The van der Waals surface area contributed by atoms with Crippen molar-refractivity contribution >= 4 is 43.8 Å². The van der Waals surface area contributed by atoms with E-state index in [9.17, 15) is 13.2 Å². The molecule has 0 bridgehead atoms. The smallest absolute Gasteiger partial charge is 0.259 e. The number of fused-ring (bicyclic) bond motifs is 1. The first-order valence-corrected chi connectivity index (χ1v) is 8.95. The number of carbonyl (C=O) groups excluding carboxylic acids is 1. The van der Waals surface area contributed by atoms with Crippen molar-refractivity contribution in [1.29, 1.82) is 0 Å². The van der Waals surface area contributed by atoms with Crippen LogP contribution in [0.2, 0.25) is 5.15 Å². The quantitative estimate of drug-likeness (QED) is 0.819. The van der Waals surface area contributed by atoms with Gasteiger partial charge in [0.2, 0.25) is 5.91 Å². The van der Waals surface area contributed by atoms with E-state index >= 15 is 0 Å². The van der Waals surface area contributed by atoms with Gasteiger partial charge in [-0.2, -0.15) is 0 Å². The van der Waals surface area contributed by atoms with Crippen LogP contribution in [-0.2, 0) is 14.8 Å². The van der Waals surface area contributed by atoms with Gasteiger partial charge in [0.1, 0.15) is 0 Å². The largest absolute Gasteiger partial charge is 0.354 e. The Morgan fingerprint density at radius 1 is 1.52 bits per heavy atom. The van der Waals surface area contributed by atoms with Gasteiger partial charge < -0.3 is 5.32 Å². The SMILES string of the molecule is CC(C)NC(=O)CCNS(=O)(=O)c1c(Cl)nc2sccn12. The molecule has 0 fully saturated rings. The number of hydrogen-bond acceptors (Lipinski definition) is 5. The van der Waals surface area contributed by atoms with Crippen molar-refractivity contribution in [2.24, 2.45) is 0 Å². The van der Waals surface area contributed by atoms with E-state index < -0.39 is 10.0 Å². The lowest BCUT2D eigenvalue weighted by atomic mass is 10.3. The molecule has 21 heavy (non-hydrogen) atoms. The van der Waals surface area contributed by atoms with Crippen LogP contribution in [-0.4, -0.2) is 36.3 Å². The minimum absolute atomic E-state index is 0.00537. The van der Waals surface area contributed by atoms with Crippen LogP contribution in [0.25, 0.3) is 4.96 Å². The van der Waals surface area contributed by atoms with Crippen LogP contribution in [0.1, 0.15) is 20.3 Å². The zero-order valence-electron chi connectivity index (χ0n) is 11.5. The number of thiazole rings is 1. The van der Waals surface area contributed by atoms with E-state index in [0.29, 0.717) is 4.96 Å². The van der Waals surface area contributed by atoms with Gasteiger partial charge in [-0.15, -0.1) is 11.3 Å². The number of sulfonamides is 1. The standard InChI is InChI=1S/C11H15ClN4O3S2/c1-7(2)14-8(17)3-4-13-21(18,19)10-9(12)15-11-16(10)5-6-20-11/h5-7,13H,3-4H2,1-2H3,(H,14,17). The molecular formula is C11H15ClN4O3S2. The van der Waals surface area contributed by atoms with Crippen molar-refractivity contribution in [3.05, 3.63) is 16.7 Å². The highest BCUT2D eigenvalue weighted by Gasteiger charge is 2.24. The molecule has 10 heteroatoms. The van der Waals surface area contributed by atoms with Crippen molar-refractivity contribution in [3.8, 4) is 0 Å². The molecule has 2 N–H and O–H groups in total. The molecule has 0 aliphatic rings. The first-order chi connectivity index (χ1) is 9.81. The topological polar surface area (TPSA) is 92.6 Å². The van der Waals surface area contributed by atoms with Crippen molar-refractivity contribution in [1.82, 2.24) is 19.4 Å². The third kappa shape index (κ3) is 3.73. The van der Waals surface area contributed by atoms with E-state index in [0.717, 1.165) is 0 Å². The average Bonchev–Trinajstić information content (AvgIpc) is 2.86.